The van der Waals surface area contributed by atoms with Crippen molar-refractivity contribution in [2.45, 2.75) is 12.8 Å². The summed E-state index contributed by atoms with van der Waals surface area (Å²) in [6.45, 7) is 0. The summed E-state index contributed by atoms with van der Waals surface area (Å²) in [6, 6.07) is 18.3. The Labute approximate surface area is 123 Å². The fourth-order valence-electron chi connectivity index (χ4n) is 2.12. The van der Waals surface area contributed by atoms with E-state index in [0.717, 1.165) is 5.56 Å². The minimum Gasteiger partial charge on any atom is -0.550 e. The van der Waals surface area contributed by atoms with Gasteiger partial charge in [-0.05, 0) is 30.5 Å². The predicted molar refractivity (Wildman–Crippen MR) is 78.3 cm³/mol. The summed E-state index contributed by atoms with van der Waals surface area (Å²) in [5.74, 6) is -2.19. The molecule has 21 heavy (non-hydrogen) atoms. The average molecular weight is 282 g/mol. The van der Waals surface area contributed by atoms with Crippen molar-refractivity contribution in [3.8, 4) is 0 Å². The molecule has 0 saturated carbocycles. The smallest absolute Gasteiger partial charge is 0.228 e. The third-order valence-electron chi connectivity index (χ3n) is 3.15. The van der Waals surface area contributed by atoms with Crippen LogP contribution in [0.15, 0.2) is 60.7 Å². The van der Waals surface area contributed by atoms with Crippen molar-refractivity contribution in [2.24, 2.45) is 5.92 Å². The van der Waals surface area contributed by atoms with Gasteiger partial charge in [-0.2, -0.15) is 0 Å². The van der Waals surface area contributed by atoms with Crippen LogP contribution in [0.5, 0.6) is 0 Å². The van der Waals surface area contributed by atoms with Crippen LogP contribution in [-0.2, 0) is 16.0 Å². The van der Waals surface area contributed by atoms with Crippen molar-refractivity contribution < 1.29 is 14.7 Å². The van der Waals surface area contributed by atoms with Crippen molar-refractivity contribution in [2.75, 3.05) is 5.32 Å². The number of hydrogen-bond acceptors (Lipinski definition) is 3. The number of anilines is 1. The molecule has 0 bridgehead atoms. The second kappa shape index (κ2) is 7.24. The van der Waals surface area contributed by atoms with Gasteiger partial charge >= 0.3 is 0 Å². The predicted octanol–water partition coefficient (Wildman–Crippen LogP) is 1.62. The van der Waals surface area contributed by atoms with Crippen LogP contribution in [0.1, 0.15) is 12.0 Å². The van der Waals surface area contributed by atoms with Crippen molar-refractivity contribution >= 4 is 17.6 Å². The Hall–Kier alpha value is -2.62. The van der Waals surface area contributed by atoms with E-state index in [1.807, 2.05) is 36.4 Å². The molecule has 0 aliphatic carbocycles. The van der Waals surface area contributed by atoms with Gasteiger partial charge in [0.1, 0.15) is 0 Å². The van der Waals surface area contributed by atoms with Crippen LogP contribution in [0.4, 0.5) is 5.69 Å². The summed E-state index contributed by atoms with van der Waals surface area (Å²) in [7, 11) is 0. The lowest BCUT2D eigenvalue weighted by atomic mass is 9.95. The van der Waals surface area contributed by atoms with Gasteiger partial charge in [-0.25, -0.2) is 0 Å². The van der Waals surface area contributed by atoms with E-state index < -0.39 is 11.9 Å². The van der Waals surface area contributed by atoms with Gasteiger partial charge in [0.15, 0.2) is 0 Å². The first-order chi connectivity index (χ1) is 10.1. The number of carboxylic acid groups (broad SMARTS) is 1. The number of amides is 1. The summed E-state index contributed by atoms with van der Waals surface area (Å²) in [6.07, 6.45) is 0.0705. The first kappa shape index (κ1) is 14.8. The molecule has 0 heterocycles. The second-order valence-corrected chi connectivity index (χ2v) is 4.82. The highest BCUT2D eigenvalue weighted by Crippen LogP contribution is 2.15. The first-order valence-electron chi connectivity index (χ1n) is 6.75. The molecule has 2 aromatic rings. The van der Waals surface area contributed by atoms with Crippen LogP contribution in [-0.4, -0.2) is 11.9 Å². The number of carbonyl (C=O) groups is 2. The number of hydrogen-bond donors (Lipinski definition) is 1. The highest BCUT2D eigenvalue weighted by molar-refractivity contribution is 5.94. The summed E-state index contributed by atoms with van der Waals surface area (Å²) in [5, 5.41) is 13.6. The molecule has 0 aromatic heterocycles. The third kappa shape index (κ3) is 4.76. The van der Waals surface area contributed by atoms with E-state index in [9.17, 15) is 14.7 Å². The molecule has 0 fully saturated rings. The Kier molecular flexibility index (Phi) is 5.10. The molecule has 2 rings (SSSR count). The highest BCUT2D eigenvalue weighted by Gasteiger charge is 2.19. The molecular formula is C17H16NO3-. The maximum Gasteiger partial charge on any atom is 0.228 e. The molecular weight excluding hydrogens is 266 g/mol. The molecule has 0 unspecified atom stereocenters. The normalized spacial score (nSPS) is 11.6. The summed E-state index contributed by atoms with van der Waals surface area (Å²) < 4.78 is 0. The van der Waals surface area contributed by atoms with Crippen LogP contribution < -0.4 is 10.4 Å². The van der Waals surface area contributed by atoms with Gasteiger partial charge in [0.2, 0.25) is 5.91 Å². The van der Waals surface area contributed by atoms with Gasteiger partial charge in [-0.3, -0.25) is 4.79 Å². The van der Waals surface area contributed by atoms with Gasteiger partial charge in [-0.1, -0.05) is 48.5 Å². The number of carbonyl (C=O) groups excluding carboxylic acids is 2. The lowest BCUT2D eigenvalue weighted by molar-refractivity contribution is -0.306. The number of carboxylic acids is 1. The average Bonchev–Trinajstić information content (AvgIpc) is 2.48. The van der Waals surface area contributed by atoms with Crippen LogP contribution in [0.2, 0.25) is 0 Å². The van der Waals surface area contributed by atoms with E-state index >= 15 is 0 Å². The van der Waals surface area contributed by atoms with E-state index in [1.54, 1.807) is 24.3 Å². The second-order valence-electron chi connectivity index (χ2n) is 4.82. The molecule has 0 aliphatic rings. The van der Waals surface area contributed by atoms with E-state index in [2.05, 4.69) is 5.32 Å². The molecule has 1 N–H and O–H groups in total. The molecule has 4 nitrogen and oxygen atoms in total. The van der Waals surface area contributed by atoms with E-state index in [-0.39, 0.29) is 12.3 Å². The highest BCUT2D eigenvalue weighted by atomic mass is 16.4. The van der Waals surface area contributed by atoms with Crippen molar-refractivity contribution in [3.63, 3.8) is 0 Å². The van der Waals surface area contributed by atoms with Gasteiger partial charge in [0.25, 0.3) is 0 Å². The van der Waals surface area contributed by atoms with E-state index in [0.29, 0.717) is 12.1 Å². The van der Waals surface area contributed by atoms with E-state index in [4.69, 9.17) is 0 Å². The quantitative estimate of drug-likeness (QED) is 0.875. The molecule has 0 aliphatic heterocycles. The van der Waals surface area contributed by atoms with Gasteiger partial charge < -0.3 is 15.2 Å². The minimum absolute atomic E-state index is 0.298. The Morgan fingerprint density at radius 1 is 0.952 bits per heavy atom. The Bertz CT molecular complexity index is 596. The largest absolute Gasteiger partial charge is 0.550 e. The van der Waals surface area contributed by atoms with Crippen molar-refractivity contribution in [1.82, 2.24) is 0 Å². The molecule has 108 valence electrons. The SMILES string of the molecule is O=C([O-])C[C@@H](Cc1ccccc1)C(=O)Nc1ccccc1. The maximum atomic E-state index is 12.3. The number of rotatable bonds is 6. The lowest BCUT2D eigenvalue weighted by Gasteiger charge is -2.17. The zero-order valence-corrected chi connectivity index (χ0v) is 11.5. The van der Waals surface area contributed by atoms with Crippen LogP contribution in [0.25, 0.3) is 0 Å². The summed E-state index contributed by atoms with van der Waals surface area (Å²) >= 11 is 0. The lowest BCUT2D eigenvalue weighted by Crippen LogP contribution is -2.32. The molecule has 0 saturated heterocycles. The summed E-state index contributed by atoms with van der Waals surface area (Å²) in [4.78, 5) is 23.1. The van der Waals surface area contributed by atoms with Crippen molar-refractivity contribution in [1.29, 1.82) is 0 Å². The molecule has 0 spiro atoms. The van der Waals surface area contributed by atoms with Crippen LogP contribution >= 0.6 is 0 Å². The number of aliphatic carboxylic acids is 1. The zero-order chi connectivity index (χ0) is 15.1. The van der Waals surface area contributed by atoms with Crippen molar-refractivity contribution in [3.05, 3.63) is 66.2 Å². The first-order valence-corrected chi connectivity index (χ1v) is 6.75. The summed E-state index contributed by atoms with van der Waals surface area (Å²) in [5.41, 5.74) is 1.57. The molecule has 2 aromatic carbocycles. The Morgan fingerprint density at radius 2 is 1.52 bits per heavy atom. The van der Waals surface area contributed by atoms with Gasteiger partial charge in [-0.15, -0.1) is 0 Å². The Morgan fingerprint density at radius 3 is 2.10 bits per heavy atom. The van der Waals surface area contributed by atoms with Crippen LogP contribution in [0, 0.1) is 5.92 Å². The fraction of sp³-hybridized carbons (Fsp3) is 0.176. The zero-order valence-electron chi connectivity index (χ0n) is 11.5. The van der Waals surface area contributed by atoms with Crippen LogP contribution in [0.3, 0.4) is 0 Å². The number of benzene rings is 2. The molecule has 0 radical (unpaired) electrons. The monoisotopic (exact) mass is 282 g/mol. The minimum atomic E-state index is -1.22. The molecule has 1 atom stereocenters. The maximum absolute atomic E-state index is 12.3. The van der Waals surface area contributed by atoms with E-state index in [1.165, 1.54) is 0 Å². The number of nitrogens with one attached hydrogen (secondary N) is 1. The standard InChI is InChI=1S/C17H17NO3/c19-16(20)12-14(11-13-7-3-1-4-8-13)17(21)18-15-9-5-2-6-10-15/h1-10,14H,11-12H2,(H,18,21)(H,19,20)/p-1/t14-/m1/s1. The topological polar surface area (TPSA) is 69.2 Å². The fourth-order valence-corrected chi connectivity index (χ4v) is 2.12. The molecule has 1 amide bonds. The molecule has 4 heteroatoms. The Balaban J connectivity index is 2.08. The third-order valence-corrected chi connectivity index (χ3v) is 3.15. The number of para-hydroxylation sites is 1. The van der Waals surface area contributed by atoms with Gasteiger partial charge in [0, 0.05) is 17.6 Å². The van der Waals surface area contributed by atoms with Gasteiger partial charge in [0.05, 0.1) is 0 Å².